The van der Waals surface area contributed by atoms with E-state index in [4.69, 9.17) is 5.26 Å². The molecule has 56 valence electrons. The standard InChI is InChI=1S/C5H7NO2S2/c6-4-9-5-1-2-10(7,8)3-5/h5H,1-3H2/t5-/m1/s1. The highest BCUT2D eigenvalue weighted by Crippen LogP contribution is 2.22. The lowest BCUT2D eigenvalue weighted by Gasteiger charge is -1.95. The maximum absolute atomic E-state index is 10.8. The summed E-state index contributed by atoms with van der Waals surface area (Å²) in [5, 5.41) is 10.1. The molecule has 0 amide bonds. The minimum atomic E-state index is -2.79. The van der Waals surface area contributed by atoms with Crippen molar-refractivity contribution in [1.82, 2.24) is 0 Å². The molecular formula is C5H7NO2S2. The molecule has 1 fully saturated rings. The average Bonchev–Trinajstić information content (AvgIpc) is 2.12. The van der Waals surface area contributed by atoms with Crippen LogP contribution in [-0.4, -0.2) is 25.2 Å². The van der Waals surface area contributed by atoms with Crippen LogP contribution in [0.2, 0.25) is 0 Å². The third-order valence-electron chi connectivity index (χ3n) is 1.41. The predicted octanol–water partition coefficient (Wildman–Crippen LogP) is 0.388. The molecule has 1 heterocycles. The van der Waals surface area contributed by atoms with Crippen molar-refractivity contribution < 1.29 is 8.42 Å². The van der Waals surface area contributed by atoms with Crippen molar-refractivity contribution in [2.45, 2.75) is 11.7 Å². The largest absolute Gasteiger partial charge is 0.229 e. The Kier molecular flexibility index (Phi) is 2.21. The number of hydrogen-bond acceptors (Lipinski definition) is 4. The first kappa shape index (κ1) is 7.89. The Morgan fingerprint density at radius 3 is 2.70 bits per heavy atom. The Labute approximate surface area is 64.3 Å². The van der Waals surface area contributed by atoms with E-state index in [1.807, 2.05) is 5.40 Å². The van der Waals surface area contributed by atoms with Crippen LogP contribution in [0.4, 0.5) is 0 Å². The Balaban J connectivity index is 2.54. The quantitative estimate of drug-likeness (QED) is 0.544. The lowest BCUT2D eigenvalue weighted by Crippen LogP contribution is -2.05. The van der Waals surface area contributed by atoms with Gasteiger partial charge in [0.15, 0.2) is 9.84 Å². The molecule has 0 aliphatic carbocycles. The van der Waals surface area contributed by atoms with Gasteiger partial charge in [0.25, 0.3) is 0 Å². The zero-order valence-corrected chi connectivity index (χ0v) is 6.91. The molecule has 0 unspecified atom stereocenters. The minimum Gasteiger partial charge on any atom is -0.229 e. The van der Waals surface area contributed by atoms with E-state index in [2.05, 4.69) is 0 Å². The molecule has 0 aromatic heterocycles. The van der Waals surface area contributed by atoms with Gasteiger partial charge in [0.2, 0.25) is 0 Å². The van der Waals surface area contributed by atoms with Gasteiger partial charge in [-0.3, -0.25) is 0 Å². The summed E-state index contributed by atoms with van der Waals surface area (Å²) in [6.07, 6.45) is 0.639. The number of rotatable bonds is 1. The average molecular weight is 177 g/mol. The number of nitrogens with zero attached hydrogens (tertiary/aromatic N) is 1. The van der Waals surface area contributed by atoms with Crippen LogP contribution in [0.25, 0.3) is 0 Å². The highest BCUT2D eigenvalue weighted by Gasteiger charge is 2.27. The van der Waals surface area contributed by atoms with Gasteiger partial charge >= 0.3 is 0 Å². The van der Waals surface area contributed by atoms with E-state index in [9.17, 15) is 8.42 Å². The number of hydrogen-bond donors (Lipinski definition) is 0. The summed E-state index contributed by atoms with van der Waals surface area (Å²) in [5.74, 6) is 0.442. The van der Waals surface area contributed by atoms with Crippen molar-refractivity contribution in [2.75, 3.05) is 11.5 Å². The Bertz CT molecular complexity index is 251. The number of thioether (sulfide) groups is 1. The van der Waals surface area contributed by atoms with Crippen LogP contribution in [0.5, 0.6) is 0 Å². The lowest BCUT2D eigenvalue weighted by atomic mass is 10.4. The third kappa shape index (κ3) is 1.89. The van der Waals surface area contributed by atoms with Crippen molar-refractivity contribution in [3.63, 3.8) is 0 Å². The van der Waals surface area contributed by atoms with Gasteiger partial charge in [0.05, 0.1) is 11.5 Å². The SMILES string of the molecule is N#CS[C@@H]1CCS(=O)(=O)C1. The smallest absolute Gasteiger partial charge is 0.151 e. The van der Waals surface area contributed by atoms with Crippen molar-refractivity contribution in [3.8, 4) is 5.40 Å². The summed E-state index contributed by atoms with van der Waals surface area (Å²) < 4.78 is 21.6. The van der Waals surface area contributed by atoms with Crippen LogP contribution < -0.4 is 0 Å². The first-order chi connectivity index (χ1) is 4.64. The molecule has 5 heteroatoms. The summed E-state index contributed by atoms with van der Waals surface area (Å²) in [7, 11) is -2.79. The monoisotopic (exact) mass is 177 g/mol. The maximum atomic E-state index is 10.8. The highest BCUT2D eigenvalue weighted by molar-refractivity contribution is 8.05. The molecular weight excluding hydrogens is 170 g/mol. The van der Waals surface area contributed by atoms with E-state index in [1.165, 1.54) is 0 Å². The van der Waals surface area contributed by atoms with Crippen molar-refractivity contribution in [2.24, 2.45) is 0 Å². The van der Waals surface area contributed by atoms with Crippen LogP contribution in [-0.2, 0) is 9.84 Å². The molecule has 0 aromatic carbocycles. The normalized spacial score (nSPS) is 29.7. The Morgan fingerprint density at radius 2 is 2.30 bits per heavy atom. The predicted molar refractivity (Wildman–Crippen MR) is 40.3 cm³/mol. The van der Waals surface area contributed by atoms with E-state index < -0.39 is 9.84 Å². The minimum absolute atomic E-state index is 0.0231. The molecule has 1 saturated heterocycles. The Hall–Kier alpha value is -0.210. The van der Waals surface area contributed by atoms with Crippen LogP contribution >= 0.6 is 11.8 Å². The maximum Gasteiger partial charge on any atom is 0.151 e. The van der Waals surface area contributed by atoms with E-state index >= 15 is 0 Å². The second-order valence-corrected chi connectivity index (χ2v) is 5.55. The Morgan fingerprint density at radius 1 is 1.60 bits per heavy atom. The number of thiocyanates is 1. The number of sulfone groups is 1. The van der Waals surface area contributed by atoms with E-state index in [-0.39, 0.29) is 16.8 Å². The first-order valence-electron chi connectivity index (χ1n) is 2.89. The highest BCUT2D eigenvalue weighted by atomic mass is 32.2. The molecule has 1 aliphatic heterocycles. The van der Waals surface area contributed by atoms with Crippen LogP contribution in [0.1, 0.15) is 6.42 Å². The van der Waals surface area contributed by atoms with Crippen molar-refractivity contribution in [3.05, 3.63) is 0 Å². The molecule has 0 spiro atoms. The summed E-state index contributed by atoms with van der Waals surface area (Å²) >= 11 is 1.07. The molecule has 1 rings (SSSR count). The molecule has 0 saturated carbocycles. The van der Waals surface area contributed by atoms with E-state index in [0.717, 1.165) is 11.8 Å². The van der Waals surface area contributed by atoms with Gasteiger partial charge in [-0.15, -0.1) is 0 Å². The zero-order valence-electron chi connectivity index (χ0n) is 5.28. The molecule has 3 nitrogen and oxygen atoms in total. The van der Waals surface area contributed by atoms with Gasteiger partial charge in [-0.05, 0) is 18.2 Å². The van der Waals surface area contributed by atoms with Crippen LogP contribution in [0.15, 0.2) is 0 Å². The molecule has 0 radical (unpaired) electrons. The summed E-state index contributed by atoms with van der Waals surface area (Å²) in [5.41, 5.74) is 0. The van der Waals surface area contributed by atoms with E-state index in [0.29, 0.717) is 6.42 Å². The van der Waals surface area contributed by atoms with Gasteiger partial charge in [0, 0.05) is 5.25 Å². The van der Waals surface area contributed by atoms with Crippen molar-refractivity contribution >= 4 is 21.6 Å². The first-order valence-corrected chi connectivity index (χ1v) is 5.59. The molecule has 0 aromatic rings. The zero-order chi connectivity index (χ0) is 7.61. The van der Waals surface area contributed by atoms with Gasteiger partial charge in [-0.1, -0.05) is 0 Å². The molecule has 1 atom stereocenters. The van der Waals surface area contributed by atoms with Crippen LogP contribution in [0, 0.1) is 10.7 Å². The summed E-state index contributed by atoms with van der Waals surface area (Å²) in [6, 6.07) is 0. The fourth-order valence-corrected chi connectivity index (χ4v) is 3.90. The molecule has 0 bridgehead atoms. The van der Waals surface area contributed by atoms with E-state index in [1.54, 1.807) is 0 Å². The van der Waals surface area contributed by atoms with Gasteiger partial charge < -0.3 is 0 Å². The van der Waals surface area contributed by atoms with Gasteiger partial charge in [-0.2, -0.15) is 5.26 Å². The summed E-state index contributed by atoms with van der Waals surface area (Å²) in [4.78, 5) is 0. The lowest BCUT2D eigenvalue weighted by molar-refractivity contribution is 0.602. The molecule has 10 heavy (non-hydrogen) atoms. The third-order valence-corrected chi connectivity index (χ3v) is 4.23. The fraction of sp³-hybridized carbons (Fsp3) is 0.800. The second-order valence-electron chi connectivity index (χ2n) is 2.23. The summed E-state index contributed by atoms with van der Waals surface area (Å²) in [6.45, 7) is 0. The second kappa shape index (κ2) is 2.81. The topological polar surface area (TPSA) is 57.9 Å². The molecule has 1 aliphatic rings. The fourth-order valence-electron chi connectivity index (χ4n) is 0.928. The van der Waals surface area contributed by atoms with Crippen LogP contribution in [0.3, 0.4) is 0 Å². The van der Waals surface area contributed by atoms with Gasteiger partial charge in [-0.25, -0.2) is 8.42 Å². The number of nitriles is 1. The van der Waals surface area contributed by atoms with Crippen molar-refractivity contribution in [1.29, 1.82) is 5.26 Å². The van der Waals surface area contributed by atoms with Gasteiger partial charge in [0.1, 0.15) is 5.40 Å². The molecule has 0 N–H and O–H groups in total.